The Kier molecular flexibility index (Phi) is 5.68. The van der Waals surface area contributed by atoms with Crippen LogP contribution in [-0.4, -0.2) is 25.6 Å². The fourth-order valence-corrected chi connectivity index (χ4v) is 4.33. The Balaban J connectivity index is 1.83. The Morgan fingerprint density at radius 3 is 2.81 bits per heavy atom. The van der Waals surface area contributed by atoms with Gasteiger partial charge >= 0.3 is 0 Å². The molecular formula is C21H25BrN2O2. The van der Waals surface area contributed by atoms with Crippen LogP contribution in [0.2, 0.25) is 0 Å². The molecule has 4 nitrogen and oxygen atoms in total. The lowest BCUT2D eigenvalue weighted by atomic mass is 9.92. The molecule has 1 aliphatic heterocycles. The molecule has 138 valence electrons. The van der Waals surface area contributed by atoms with Gasteiger partial charge in [0, 0.05) is 16.7 Å². The van der Waals surface area contributed by atoms with Crippen LogP contribution in [0.25, 0.3) is 0 Å². The van der Waals surface area contributed by atoms with Crippen molar-refractivity contribution in [1.29, 1.82) is 0 Å². The number of fused-ring (bicyclic) bond motifs is 1. The molecule has 26 heavy (non-hydrogen) atoms. The number of carbonyl (C=O) groups is 1. The van der Waals surface area contributed by atoms with Crippen LogP contribution in [0.5, 0.6) is 5.75 Å². The minimum atomic E-state index is -0.586. The first-order chi connectivity index (χ1) is 12.4. The van der Waals surface area contributed by atoms with Gasteiger partial charge in [-0.15, -0.1) is 0 Å². The average molecular weight is 417 g/mol. The van der Waals surface area contributed by atoms with Gasteiger partial charge in [0.15, 0.2) is 0 Å². The van der Waals surface area contributed by atoms with E-state index in [9.17, 15) is 4.79 Å². The van der Waals surface area contributed by atoms with Crippen molar-refractivity contribution in [2.24, 2.45) is 11.7 Å². The smallest absolute Gasteiger partial charge is 0.244 e. The molecule has 0 radical (unpaired) electrons. The Labute approximate surface area is 163 Å². The van der Waals surface area contributed by atoms with Crippen LogP contribution in [0.3, 0.4) is 0 Å². The maximum Gasteiger partial charge on any atom is 0.244 e. The second-order valence-corrected chi connectivity index (χ2v) is 7.96. The topological polar surface area (TPSA) is 55.6 Å². The maximum absolute atomic E-state index is 13.1. The van der Waals surface area contributed by atoms with Crippen molar-refractivity contribution in [1.82, 2.24) is 0 Å². The van der Waals surface area contributed by atoms with E-state index in [1.807, 2.05) is 42.2 Å². The van der Waals surface area contributed by atoms with Gasteiger partial charge in [-0.3, -0.25) is 4.79 Å². The molecule has 0 saturated heterocycles. The van der Waals surface area contributed by atoms with E-state index in [0.29, 0.717) is 18.9 Å². The third-order valence-corrected chi connectivity index (χ3v) is 5.69. The van der Waals surface area contributed by atoms with E-state index in [1.165, 1.54) is 5.56 Å². The van der Waals surface area contributed by atoms with Crippen LogP contribution in [0, 0.1) is 12.8 Å². The highest BCUT2D eigenvalue weighted by Gasteiger charge is 2.29. The molecule has 2 aromatic rings. The number of methoxy groups -OCH3 is 1. The van der Waals surface area contributed by atoms with Crippen LogP contribution >= 0.6 is 15.9 Å². The first kappa shape index (κ1) is 18.9. The number of carbonyl (C=O) groups excluding carboxylic acids is 1. The van der Waals surface area contributed by atoms with E-state index in [1.54, 1.807) is 7.11 Å². The van der Waals surface area contributed by atoms with Gasteiger partial charge in [-0.2, -0.15) is 0 Å². The summed E-state index contributed by atoms with van der Waals surface area (Å²) in [6.07, 6.45) is 1.49. The highest BCUT2D eigenvalue weighted by molar-refractivity contribution is 9.10. The van der Waals surface area contributed by atoms with Crippen molar-refractivity contribution in [3.05, 3.63) is 57.6 Å². The molecule has 2 aromatic carbocycles. The standard InChI is InChI=1S/C21H25BrN2O2/c1-13-8-15-6-4-5-7-20(15)24(12-13)21(25)19(23)11-17-14(2)9-16(26-3)10-18(17)22/h4-7,9-10,13,19H,8,11-12,23H2,1-3H3/t13?,19-/m1/s1. The number of amides is 1. The molecular weight excluding hydrogens is 392 g/mol. The van der Waals surface area contributed by atoms with Gasteiger partial charge in [0.1, 0.15) is 5.75 Å². The van der Waals surface area contributed by atoms with Crippen molar-refractivity contribution >= 4 is 27.5 Å². The van der Waals surface area contributed by atoms with Gasteiger partial charge in [0.25, 0.3) is 0 Å². The van der Waals surface area contributed by atoms with Gasteiger partial charge in [-0.05, 0) is 60.6 Å². The first-order valence-corrected chi connectivity index (χ1v) is 9.68. The van der Waals surface area contributed by atoms with E-state index < -0.39 is 6.04 Å². The van der Waals surface area contributed by atoms with Gasteiger partial charge in [0.05, 0.1) is 13.2 Å². The highest BCUT2D eigenvalue weighted by Crippen LogP contribution is 2.31. The molecule has 0 bridgehead atoms. The van der Waals surface area contributed by atoms with Crippen LogP contribution in [0.4, 0.5) is 5.69 Å². The number of anilines is 1. The van der Waals surface area contributed by atoms with Crippen LogP contribution in [-0.2, 0) is 17.6 Å². The molecule has 1 heterocycles. The summed E-state index contributed by atoms with van der Waals surface area (Å²) in [6.45, 7) is 4.90. The summed E-state index contributed by atoms with van der Waals surface area (Å²) in [5.41, 5.74) is 10.7. The third-order valence-electron chi connectivity index (χ3n) is 4.98. The molecule has 1 unspecified atom stereocenters. The quantitative estimate of drug-likeness (QED) is 0.822. The zero-order chi connectivity index (χ0) is 18.8. The van der Waals surface area contributed by atoms with Crippen molar-refractivity contribution in [3.8, 4) is 5.75 Å². The Hall–Kier alpha value is -1.85. The fraction of sp³-hybridized carbons (Fsp3) is 0.381. The van der Waals surface area contributed by atoms with E-state index in [0.717, 1.165) is 33.5 Å². The first-order valence-electron chi connectivity index (χ1n) is 8.88. The summed E-state index contributed by atoms with van der Waals surface area (Å²) in [5, 5.41) is 0. The second-order valence-electron chi connectivity index (χ2n) is 7.10. The summed E-state index contributed by atoms with van der Waals surface area (Å²) in [7, 11) is 1.64. The number of rotatable bonds is 4. The number of benzene rings is 2. The number of hydrogen-bond donors (Lipinski definition) is 1. The lowest BCUT2D eigenvalue weighted by Crippen LogP contribution is -2.48. The predicted octanol–water partition coefficient (Wildman–Crippen LogP) is 3.86. The zero-order valence-electron chi connectivity index (χ0n) is 15.5. The van der Waals surface area contributed by atoms with E-state index in [2.05, 4.69) is 28.9 Å². The molecule has 0 spiro atoms. The van der Waals surface area contributed by atoms with Crippen molar-refractivity contribution in [2.75, 3.05) is 18.6 Å². The molecule has 2 N–H and O–H groups in total. The predicted molar refractivity (Wildman–Crippen MR) is 109 cm³/mol. The number of nitrogens with zero attached hydrogens (tertiary/aromatic N) is 1. The Morgan fingerprint density at radius 1 is 1.38 bits per heavy atom. The minimum Gasteiger partial charge on any atom is -0.497 e. The van der Waals surface area contributed by atoms with E-state index in [-0.39, 0.29) is 5.91 Å². The van der Waals surface area contributed by atoms with Gasteiger partial charge in [-0.1, -0.05) is 41.1 Å². The number of para-hydroxylation sites is 1. The molecule has 5 heteroatoms. The molecule has 1 aliphatic rings. The van der Waals surface area contributed by atoms with Crippen LogP contribution < -0.4 is 15.4 Å². The number of nitrogens with two attached hydrogens (primary N) is 1. The zero-order valence-corrected chi connectivity index (χ0v) is 17.0. The van der Waals surface area contributed by atoms with Gasteiger partial charge < -0.3 is 15.4 Å². The number of halogens is 1. The molecule has 3 rings (SSSR count). The van der Waals surface area contributed by atoms with Crippen molar-refractivity contribution in [3.63, 3.8) is 0 Å². The van der Waals surface area contributed by atoms with Gasteiger partial charge in [0.2, 0.25) is 5.91 Å². The third kappa shape index (κ3) is 3.79. The fourth-order valence-electron chi connectivity index (χ4n) is 3.63. The summed E-state index contributed by atoms with van der Waals surface area (Å²) >= 11 is 3.59. The highest BCUT2D eigenvalue weighted by atomic mass is 79.9. The van der Waals surface area contributed by atoms with Crippen LogP contribution in [0.1, 0.15) is 23.6 Å². The number of hydrogen-bond acceptors (Lipinski definition) is 3. The molecule has 0 aliphatic carbocycles. The SMILES string of the molecule is COc1cc(C)c(C[C@@H](N)C(=O)N2CC(C)Cc3ccccc32)c(Br)c1. The van der Waals surface area contributed by atoms with Crippen molar-refractivity contribution < 1.29 is 9.53 Å². The summed E-state index contributed by atoms with van der Waals surface area (Å²) in [6, 6.07) is 11.4. The molecule has 0 saturated carbocycles. The maximum atomic E-state index is 13.1. The van der Waals surface area contributed by atoms with E-state index in [4.69, 9.17) is 10.5 Å². The summed E-state index contributed by atoms with van der Waals surface area (Å²) in [5.74, 6) is 1.19. The normalized spacial score (nSPS) is 17.6. The monoisotopic (exact) mass is 416 g/mol. The van der Waals surface area contributed by atoms with Crippen molar-refractivity contribution in [2.45, 2.75) is 32.7 Å². The minimum absolute atomic E-state index is 0.0221. The lowest BCUT2D eigenvalue weighted by molar-refractivity contribution is -0.120. The molecule has 2 atom stereocenters. The average Bonchev–Trinajstić information content (AvgIpc) is 2.62. The van der Waals surface area contributed by atoms with Gasteiger partial charge in [-0.25, -0.2) is 0 Å². The Bertz CT molecular complexity index is 798. The molecule has 1 amide bonds. The van der Waals surface area contributed by atoms with Crippen LogP contribution in [0.15, 0.2) is 40.9 Å². The summed E-state index contributed by atoms with van der Waals surface area (Å²) in [4.78, 5) is 15.0. The number of aryl methyl sites for hydroxylation is 1. The lowest BCUT2D eigenvalue weighted by Gasteiger charge is -2.34. The summed E-state index contributed by atoms with van der Waals surface area (Å²) < 4.78 is 6.21. The number of ether oxygens (including phenoxy) is 1. The molecule has 0 fully saturated rings. The largest absolute Gasteiger partial charge is 0.497 e. The molecule has 0 aromatic heterocycles. The Morgan fingerprint density at radius 2 is 2.12 bits per heavy atom. The van der Waals surface area contributed by atoms with E-state index >= 15 is 0 Å². The second kappa shape index (κ2) is 7.80.